The summed E-state index contributed by atoms with van der Waals surface area (Å²) < 4.78 is 10.6. The second-order valence-electron chi connectivity index (χ2n) is 8.18. The molecule has 3 unspecified atom stereocenters. The van der Waals surface area contributed by atoms with Crippen LogP contribution in [0.15, 0.2) is 4.52 Å². The van der Waals surface area contributed by atoms with Crippen molar-refractivity contribution < 1.29 is 14.1 Å². The highest BCUT2D eigenvalue weighted by Crippen LogP contribution is 2.33. The number of carbonyl (C=O) groups excluding carboxylic acids is 1. The van der Waals surface area contributed by atoms with E-state index in [4.69, 9.17) is 15.0 Å². The Bertz CT molecular complexity index is 633. The minimum atomic E-state index is -0.375. The summed E-state index contributed by atoms with van der Waals surface area (Å²) in [6.07, 6.45) is 4.83. The van der Waals surface area contributed by atoms with Gasteiger partial charge in [-0.15, -0.1) is 0 Å². The molecular formula is C19H33N5O3. The zero-order valence-corrected chi connectivity index (χ0v) is 16.8. The molecule has 1 aliphatic carbocycles. The zero-order valence-electron chi connectivity index (χ0n) is 16.8. The van der Waals surface area contributed by atoms with Crippen molar-refractivity contribution >= 4 is 5.91 Å². The number of nitrogens with zero attached hydrogens (tertiary/aromatic N) is 4. The van der Waals surface area contributed by atoms with Gasteiger partial charge in [0, 0.05) is 38.8 Å². The maximum Gasteiger partial charge on any atom is 0.240 e. The van der Waals surface area contributed by atoms with Gasteiger partial charge >= 0.3 is 0 Å². The third-order valence-corrected chi connectivity index (χ3v) is 6.01. The first-order chi connectivity index (χ1) is 12.9. The summed E-state index contributed by atoms with van der Waals surface area (Å²) in [6.45, 7) is 7.75. The third kappa shape index (κ3) is 4.86. The van der Waals surface area contributed by atoms with Crippen LogP contribution < -0.4 is 5.73 Å². The molecule has 8 nitrogen and oxygen atoms in total. The van der Waals surface area contributed by atoms with Crippen LogP contribution in [0, 0.1) is 5.92 Å². The number of hydrogen-bond acceptors (Lipinski definition) is 7. The highest BCUT2D eigenvalue weighted by molar-refractivity contribution is 5.80. The van der Waals surface area contributed by atoms with E-state index in [-0.39, 0.29) is 23.5 Å². The topological polar surface area (TPSA) is 97.7 Å². The highest BCUT2D eigenvalue weighted by Gasteiger charge is 2.40. The Morgan fingerprint density at radius 2 is 2.15 bits per heavy atom. The maximum atomic E-state index is 13.1. The number of ether oxygens (including phenoxy) is 1. The van der Waals surface area contributed by atoms with Crippen LogP contribution in [0.3, 0.4) is 0 Å². The molecule has 0 radical (unpaired) electrons. The predicted molar refractivity (Wildman–Crippen MR) is 101 cm³/mol. The van der Waals surface area contributed by atoms with Gasteiger partial charge in [0.15, 0.2) is 5.82 Å². The number of hydrogen-bond donors (Lipinski definition) is 1. The molecule has 2 aliphatic rings. The van der Waals surface area contributed by atoms with E-state index in [0.717, 1.165) is 58.3 Å². The summed E-state index contributed by atoms with van der Waals surface area (Å²) in [7, 11) is 1.62. The number of nitrogens with two attached hydrogens (primary N) is 1. The monoisotopic (exact) mass is 379 g/mol. The van der Waals surface area contributed by atoms with E-state index in [2.05, 4.69) is 15.0 Å². The van der Waals surface area contributed by atoms with Crippen LogP contribution in [0.25, 0.3) is 0 Å². The fourth-order valence-electron chi connectivity index (χ4n) is 4.13. The molecule has 0 aromatic carbocycles. The molecule has 3 atom stereocenters. The van der Waals surface area contributed by atoms with Gasteiger partial charge in [0.2, 0.25) is 11.8 Å². The number of amides is 1. The fourth-order valence-corrected chi connectivity index (χ4v) is 4.13. The lowest BCUT2D eigenvalue weighted by Crippen LogP contribution is -2.54. The summed E-state index contributed by atoms with van der Waals surface area (Å²) >= 11 is 0. The molecule has 152 valence electrons. The van der Waals surface area contributed by atoms with E-state index in [9.17, 15) is 4.79 Å². The van der Waals surface area contributed by atoms with Gasteiger partial charge in [-0.1, -0.05) is 18.0 Å². The Kier molecular flexibility index (Phi) is 6.49. The number of aromatic nitrogens is 2. The van der Waals surface area contributed by atoms with Crippen molar-refractivity contribution in [2.75, 3.05) is 33.3 Å². The molecule has 1 aromatic heterocycles. The SMILES string of the molecule is COC(C)c1noc(CN2CCCN(C(=O)C3CCCCC3(C)N)CC2)n1. The summed E-state index contributed by atoms with van der Waals surface area (Å²) in [5.41, 5.74) is 6.07. The second kappa shape index (κ2) is 8.67. The van der Waals surface area contributed by atoms with Crippen LogP contribution >= 0.6 is 0 Å². The molecule has 2 fully saturated rings. The van der Waals surface area contributed by atoms with Gasteiger partial charge in [-0.2, -0.15) is 4.98 Å². The van der Waals surface area contributed by atoms with E-state index in [1.165, 1.54) is 0 Å². The first-order valence-electron chi connectivity index (χ1n) is 10.1. The van der Waals surface area contributed by atoms with Gasteiger partial charge in [-0.05, 0) is 33.1 Å². The molecule has 8 heteroatoms. The molecule has 27 heavy (non-hydrogen) atoms. The quantitative estimate of drug-likeness (QED) is 0.832. The maximum absolute atomic E-state index is 13.1. The normalized spacial score (nSPS) is 28.7. The molecule has 0 bridgehead atoms. The Morgan fingerprint density at radius 3 is 2.89 bits per heavy atom. The van der Waals surface area contributed by atoms with Gasteiger partial charge < -0.3 is 19.9 Å². The molecule has 2 N–H and O–H groups in total. The van der Waals surface area contributed by atoms with Crippen LogP contribution in [-0.4, -0.2) is 64.7 Å². The standard InChI is InChI=1S/C19H33N5O3/c1-14(26-3)17-21-16(27-22-17)13-23-9-6-10-24(12-11-23)18(25)15-7-4-5-8-19(15,2)20/h14-15H,4-13,20H2,1-3H3. The van der Waals surface area contributed by atoms with Gasteiger partial charge in [0.1, 0.15) is 6.10 Å². The average molecular weight is 380 g/mol. The molecule has 1 saturated heterocycles. The molecule has 0 spiro atoms. The summed E-state index contributed by atoms with van der Waals surface area (Å²) in [4.78, 5) is 21.8. The van der Waals surface area contributed by atoms with Crippen molar-refractivity contribution in [1.82, 2.24) is 19.9 Å². The predicted octanol–water partition coefficient (Wildman–Crippen LogP) is 1.72. The van der Waals surface area contributed by atoms with E-state index in [1.807, 2.05) is 18.7 Å². The van der Waals surface area contributed by atoms with Gasteiger partial charge in [0.25, 0.3) is 0 Å². The van der Waals surface area contributed by atoms with E-state index < -0.39 is 0 Å². The molecule has 3 rings (SSSR count). The van der Waals surface area contributed by atoms with Crippen LogP contribution in [0.1, 0.15) is 63.8 Å². The van der Waals surface area contributed by atoms with Crippen molar-refractivity contribution in [3.63, 3.8) is 0 Å². The highest BCUT2D eigenvalue weighted by atomic mass is 16.5. The smallest absolute Gasteiger partial charge is 0.240 e. The number of methoxy groups -OCH3 is 1. The zero-order chi connectivity index (χ0) is 19.4. The minimum Gasteiger partial charge on any atom is -0.374 e. The van der Waals surface area contributed by atoms with E-state index in [1.54, 1.807) is 7.11 Å². The van der Waals surface area contributed by atoms with Crippen LogP contribution in [0.2, 0.25) is 0 Å². The van der Waals surface area contributed by atoms with Crippen molar-refractivity contribution in [3.8, 4) is 0 Å². The van der Waals surface area contributed by atoms with Crippen LogP contribution in [-0.2, 0) is 16.1 Å². The number of rotatable bonds is 5. The second-order valence-corrected chi connectivity index (χ2v) is 8.18. The van der Waals surface area contributed by atoms with Crippen molar-refractivity contribution in [1.29, 1.82) is 0 Å². The summed E-state index contributed by atoms with van der Waals surface area (Å²) in [6, 6.07) is 0. The molecule has 1 saturated carbocycles. The van der Waals surface area contributed by atoms with Gasteiger partial charge in [-0.3, -0.25) is 9.69 Å². The first kappa shape index (κ1) is 20.2. The van der Waals surface area contributed by atoms with Crippen LogP contribution in [0.4, 0.5) is 0 Å². The lowest BCUT2D eigenvalue weighted by Gasteiger charge is -2.39. The lowest BCUT2D eigenvalue weighted by atomic mass is 9.74. The Labute approximate surface area is 161 Å². The average Bonchev–Trinajstić information content (AvgIpc) is 2.98. The fraction of sp³-hybridized carbons (Fsp3) is 0.842. The largest absolute Gasteiger partial charge is 0.374 e. The van der Waals surface area contributed by atoms with Crippen molar-refractivity contribution in [3.05, 3.63) is 11.7 Å². The Balaban J connectivity index is 1.55. The lowest BCUT2D eigenvalue weighted by molar-refractivity contribution is -0.138. The number of carbonyl (C=O) groups is 1. The Morgan fingerprint density at radius 1 is 1.33 bits per heavy atom. The molecule has 1 amide bonds. The van der Waals surface area contributed by atoms with E-state index >= 15 is 0 Å². The van der Waals surface area contributed by atoms with Crippen LogP contribution in [0.5, 0.6) is 0 Å². The first-order valence-corrected chi connectivity index (χ1v) is 10.1. The third-order valence-electron chi connectivity index (χ3n) is 6.01. The Hall–Kier alpha value is -1.51. The van der Waals surface area contributed by atoms with E-state index in [0.29, 0.717) is 18.3 Å². The van der Waals surface area contributed by atoms with Gasteiger partial charge in [0.05, 0.1) is 12.5 Å². The molecule has 1 aromatic rings. The molecule has 1 aliphatic heterocycles. The molecule has 2 heterocycles. The van der Waals surface area contributed by atoms with Crippen molar-refractivity contribution in [2.24, 2.45) is 11.7 Å². The van der Waals surface area contributed by atoms with Crippen molar-refractivity contribution in [2.45, 2.75) is 64.1 Å². The summed E-state index contributed by atoms with van der Waals surface area (Å²) in [5.74, 6) is 1.34. The molecular weight excluding hydrogens is 346 g/mol. The minimum absolute atomic E-state index is 0.0492. The van der Waals surface area contributed by atoms with Gasteiger partial charge in [-0.25, -0.2) is 0 Å². The summed E-state index contributed by atoms with van der Waals surface area (Å²) in [5, 5.41) is 3.98.